The molecule has 1 amide bonds. The topological polar surface area (TPSA) is 97.5 Å². The quantitative estimate of drug-likeness (QED) is 0.700. The number of amides is 1. The van der Waals surface area contributed by atoms with Gasteiger partial charge in [0.25, 0.3) is 0 Å². The Morgan fingerprint density at radius 3 is 2.52 bits per heavy atom. The SMILES string of the molecule is Cn1c(C2CCCN(S(C)(=O)=O)C2)nn(CC(=O)N2CCCC2)c1=O. The zero-order valence-corrected chi connectivity index (χ0v) is 15.5. The number of carbonyl (C=O) groups excluding carboxylic acids is 1. The molecular formula is C15H25N5O4S. The van der Waals surface area contributed by atoms with Crippen LogP contribution in [0, 0.1) is 0 Å². The van der Waals surface area contributed by atoms with Crippen molar-refractivity contribution in [2.45, 2.75) is 38.1 Å². The molecule has 1 unspecified atom stereocenters. The molecule has 140 valence electrons. The van der Waals surface area contributed by atoms with Gasteiger partial charge in [0.15, 0.2) is 0 Å². The fourth-order valence-corrected chi connectivity index (χ4v) is 4.52. The molecule has 0 saturated carbocycles. The van der Waals surface area contributed by atoms with Crippen LogP contribution in [-0.2, 0) is 28.4 Å². The standard InChI is InChI=1S/C15H25N5O4S/c1-17-14(12-6-5-9-19(10-12)25(2,23)24)16-20(15(17)22)11-13(21)18-7-3-4-8-18/h12H,3-11H2,1-2H3. The first-order chi connectivity index (χ1) is 11.8. The number of piperidine rings is 1. The Morgan fingerprint density at radius 2 is 1.88 bits per heavy atom. The first-order valence-corrected chi connectivity index (χ1v) is 10.5. The summed E-state index contributed by atoms with van der Waals surface area (Å²) in [5, 5.41) is 4.36. The fourth-order valence-electron chi connectivity index (χ4n) is 3.61. The van der Waals surface area contributed by atoms with Crippen LogP contribution in [0.2, 0.25) is 0 Å². The summed E-state index contributed by atoms with van der Waals surface area (Å²) >= 11 is 0. The number of hydrogen-bond donors (Lipinski definition) is 0. The maximum Gasteiger partial charge on any atom is 0.346 e. The van der Waals surface area contributed by atoms with Crippen LogP contribution in [0.5, 0.6) is 0 Å². The molecule has 10 heteroatoms. The molecule has 1 aromatic heterocycles. The number of rotatable bonds is 4. The molecule has 0 aliphatic carbocycles. The van der Waals surface area contributed by atoms with Crippen LogP contribution < -0.4 is 5.69 Å². The zero-order valence-electron chi connectivity index (χ0n) is 14.7. The van der Waals surface area contributed by atoms with Crippen molar-refractivity contribution in [3.8, 4) is 0 Å². The van der Waals surface area contributed by atoms with Gasteiger partial charge in [0.1, 0.15) is 12.4 Å². The Balaban J connectivity index is 1.79. The Labute approximate surface area is 147 Å². The predicted octanol–water partition coefficient (Wildman–Crippen LogP) is -0.657. The minimum atomic E-state index is -3.26. The number of aromatic nitrogens is 3. The van der Waals surface area contributed by atoms with Gasteiger partial charge in [-0.3, -0.25) is 9.36 Å². The van der Waals surface area contributed by atoms with E-state index in [0.29, 0.717) is 18.9 Å². The van der Waals surface area contributed by atoms with Gasteiger partial charge in [-0.25, -0.2) is 22.2 Å². The summed E-state index contributed by atoms with van der Waals surface area (Å²) in [6.45, 7) is 2.23. The van der Waals surface area contributed by atoms with Gasteiger partial charge in [0, 0.05) is 39.1 Å². The van der Waals surface area contributed by atoms with Gasteiger partial charge in [0.05, 0.1) is 6.26 Å². The molecule has 3 heterocycles. The molecule has 0 N–H and O–H groups in total. The lowest BCUT2D eigenvalue weighted by Crippen LogP contribution is -2.39. The van der Waals surface area contributed by atoms with E-state index in [9.17, 15) is 18.0 Å². The molecule has 2 aliphatic rings. The summed E-state index contributed by atoms with van der Waals surface area (Å²) in [6.07, 6.45) is 4.69. The number of hydrogen-bond acceptors (Lipinski definition) is 5. The van der Waals surface area contributed by atoms with Gasteiger partial charge in [-0.05, 0) is 25.7 Å². The van der Waals surface area contributed by atoms with Crippen molar-refractivity contribution in [1.29, 1.82) is 0 Å². The molecule has 2 aliphatic heterocycles. The van der Waals surface area contributed by atoms with Gasteiger partial charge in [-0.15, -0.1) is 0 Å². The maximum atomic E-state index is 12.4. The highest BCUT2D eigenvalue weighted by Crippen LogP contribution is 2.26. The second-order valence-corrected chi connectivity index (χ2v) is 8.89. The van der Waals surface area contributed by atoms with Crippen LogP contribution >= 0.6 is 0 Å². The smallest absolute Gasteiger partial charge is 0.341 e. The Morgan fingerprint density at radius 1 is 1.20 bits per heavy atom. The third-order valence-electron chi connectivity index (χ3n) is 5.04. The third kappa shape index (κ3) is 3.79. The summed E-state index contributed by atoms with van der Waals surface area (Å²) in [6, 6.07) is 0. The molecule has 0 spiro atoms. The molecule has 0 radical (unpaired) electrons. The van der Waals surface area contributed by atoms with Crippen LogP contribution in [0.15, 0.2) is 4.79 Å². The lowest BCUT2D eigenvalue weighted by Gasteiger charge is -2.30. The third-order valence-corrected chi connectivity index (χ3v) is 6.31. The average Bonchev–Trinajstić information content (AvgIpc) is 3.19. The first-order valence-electron chi connectivity index (χ1n) is 8.64. The Bertz CT molecular complexity index is 806. The van der Waals surface area contributed by atoms with E-state index in [1.165, 1.54) is 19.8 Å². The van der Waals surface area contributed by atoms with E-state index < -0.39 is 10.0 Å². The van der Waals surface area contributed by atoms with Crippen LogP contribution in [-0.4, -0.2) is 70.3 Å². The number of carbonyl (C=O) groups is 1. The molecule has 1 aromatic rings. The van der Waals surface area contributed by atoms with Crippen molar-refractivity contribution in [3.63, 3.8) is 0 Å². The normalized spacial score (nSPS) is 22.5. The van der Waals surface area contributed by atoms with Crippen molar-refractivity contribution in [1.82, 2.24) is 23.6 Å². The molecule has 0 bridgehead atoms. The van der Waals surface area contributed by atoms with E-state index in [4.69, 9.17) is 0 Å². The molecule has 2 saturated heterocycles. The maximum absolute atomic E-state index is 12.4. The van der Waals surface area contributed by atoms with Gasteiger partial charge >= 0.3 is 5.69 Å². The number of likely N-dealkylation sites (tertiary alicyclic amines) is 1. The summed E-state index contributed by atoms with van der Waals surface area (Å²) in [5.41, 5.74) is -0.334. The number of nitrogens with zero attached hydrogens (tertiary/aromatic N) is 5. The van der Waals surface area contributed by atoms with Gasteiger partial charge in [-0.2, -0.15) is 5.10 Å². The lowest BCUT2D eigenvalue weighted by atomic mass is 9.99. The Kier molecular flexibility index (Phi) is 5.01. The van der Waals surface area contributed by atoms with E-state index in [1.54, 1.807) is 11.9 Å². The monoisotopic (exact) mass is 371 g/mol. The molecule has 1 atom stereocenters. The molecule has 25 heavy (non-hydrogen) atoms. The highest BCUT2D eigenvalue weighted by atomic mass is 32.2. The highest BCUT2D eigenvalue weighted by Gasteiger charge is 2.30. The second kappa shape index (κ2) is 6.91. The molecule has 2 fully saturated rings. The van der Waals surface area contributed by atoms with Crippen LogP contribution in [0.25, 0.3) is 0 Å². The molecular weight excluding hydrogens is 346 g/mol. The van der Waals surface area contributed by atoms with Gasteiger partial charge in [0.2, 0.25) is 15.9 Å². The van der Waals surface area contributed by atoms with Crippen LogP contribution in [0.1, 0.15) is 37.4 Å². The second-order valence-electron chi connectivity index (χ2n) is 6.91. The van der Waals surface area contributed by atoms with E-state index in [1.807, 2.05) is 0 Å². The summed E-state index contributed by atoms with van der Waals surface area (Å²) in [5.74, 6) is 0.322. The van der Waals surface area contributed by atoms with E-state index in [2.05, 4.69) is 5.10 Å². The highest BCUT2D eigenvalue weighted by molar-refractivity contribution is 7.88. The van der Waals surface area contributed by atoms with Crippen molar-refractivity contribution >= 4 is 15.9 Å². The largest absolute Gasteiger partial charge is 0.346 e. The lowest BCUT2D eigenvalue weighted by molar-refractivity contribution is -0.131. The predicted molar refractivity (Wildman–Crippen MR) is 91.7 cm³/mol. The van der Waals surface area contributed by atoms with Crippen molar-refractivity contribution in [2.75, 3.05) is 32.4 Å². The Hall–Kier alpha value is -1.68. The minimum absolute atomic E-state index is 0.0603. The minimum Gasteiger partial charge on any atom is -0.341 e. The van der Waals surface area contributed by atoms with E-state index >= 15 is 0 Å². The summed E-state index contributed by atoms with van der Waals surface area (Å²) in [4.78, 5) is 26.5. The average molecular weight is 371 g/mol. The van der Waals surface area contributed by atoms with Crippen LogP contribution in [0.4, 0.5) is 0 Å². The molecule has 0 aromatic carbocycles. The molecule has 9 nitrogen and oxygen atoms in total. The fraction of sp³-hybridized carbons (Fsp3) is 0.800. The zero-order chi connectivity index (χ0) is 18.2. The summed E-state index contributed by atoms with van der Waals surface area (Å²) in [7, 11) is -1.64. The van der Waals surface area contributed by atoms with Crippen molar-refractivity contribution in [3.05, 3.63) is 16.3 Å². The van der Waals surface area contributed by atoms with Crippen molar-refractivity contribution in [2.24, 2.45) is 7.05 Å². The number of sulfonamides is 1. The first kappa shape index (κ1) is 18.1. The van der Waals surface area contributed by atoms with Gasteiger partial charge < -0.3 is 4.90 Å². The van der Waals surface area contributed by atoms with E-state index in [-0.39, 0.29) is 24.1 Å². The molecule has 3 rings (SSSR count). The van der Waals surface area contributed by atoms with E-state index in [0.717, 1.165) is 38.8 Å². The van der Waals surface area contributed by atoms with Crippen LogP contribution in [0.3, 0.4) is 0 Å². The van der Waals surface area contributed by atoms with Crippen molar-refractivity contribution < 1.29 is 13.2 Å². The summed E-state index contributed by atoms with van der Waals surface area (Å²) < 4.78 is 27.7. The van der Waals surface area contributed by atoms with Gasteiger partial charge in [-0.1, -0.05) is 0 Å².